The highest BCUT2D eigenvalue weighted by atomic mass is 16.5. The average molecular weight is 298 g/mol. The summed E-state index contributed by atoms with van der Waals surface area (Å²) >= 11 is 0. The zero-order valence-electron chi connectivity index (χ0n) is 13.7. The maximum absolute atomic E-state index is 12.1. The highest BCUT2D eigenvalue weighted by Gasteiger charge is 2.39. The number of rotatable bonds is 8. The van der Waals surface area contributed by atoms with Gasteiger partial charge in [-0.2, -0.15) is 0 Å². The van der Waals surface area contributed by atoms with E-state index in [0.717, 1.165) is 38.9 Å². The summed E-state index contributed by atoms with van der Waals surface area (Å²) in [5, 5.41) is 3.46. The molecule has 1 aliphatic carbocycles. The van der Waals surface area contributed by atoms with Gasteiger partial charge in [-0.25, -0.2) is 0 Å². The van der Waals surface area contributed by atoms with E-state index in [4.69, 9.17) is 9.47 Å². The van der Waals surface area contributed by atoms with Crippen LogP contribution in [0.1, 0.15) is 45.4 Å². The van der Waals surface area contributed by atoms with Crippen LogP contribution >= 0.6 is 0 Å². The summed E-state index contributed by atoms with van der Waals surface area (Å²) in [5.41, 5.74) is -0.535. The largest absolute Gasteiger partial charge is 0.468 e. The SMILES string of the molecule is COC(=O)C(C)(CCCN1CCCC(OC)C1)NC1CC1. The predicted octanol–water partition coefficient (Wildman–Crippen LogP) is 1.56. The third-order valence-corrected chi connectivity index (χ3v) is 4.68. The van der Waals surface area contributed by atoms with Crippen molar-refractivity contribution in [3.63, 3.8) is 0 Å². The van der Waals surface area contributed by atoms with Crippen LogP contribution in [0.25, 0.3) is 0 Å². The van der Waals surface area contributed by atoms with Gasteiger partial charge in [0.1, 0.15) is 5.54 Å². The van der Waals surface area contributed by atoms with E-state index in [0.29, 0.717) is 12.1 Å². The second kappa shape index (κ2) is 7.56. The van der Waals surface area contributed by atoms with E-state index < -0.39 is 5.54 Å². The van der Waals surface area contributed by atoms with Crippen molar-refractivity contribution in [2.24, 2.45) is 0 Å². The molecule has 0 amide bonds. The minimum atomic E-state index is -0.535. The van der Waals surface area contributed by atoms with Crippen LogP contribution in [0.15, 0.2) is 0 Å². The van der Waals surface area contributed by atoms with Gasteiger partial charge in [-0.3, -0.25) is 10.1 Å². The van der Waals surface area contributed by atoms with Gasteiger partial charge in [-0.15, -0.1) is 0 Å². The lowest BCUT2D eigenvalue weighted by Gasteiger charge is -2.33. The summed E-state index contributed by atoms with van der Waals surface area (Å²) in [7, 11) is 3.27. The van der Waals surface area contributed by atoms with Crippen molar-refractivity contribution in [1.29, 1.82) is 0 Å². The molecule has 1 heterocycles. The lowest BCUT2D eigenvalue weighted by atomic mass is 9.95. The van der Waals surface area contributed by atoms with Gasteiger partial charge in [-0.1, -0.05) is 0 Å². The molecule has 122 valence electrons. The number of carbonyl (C=O) groups excluding carboxylic acids is 1. The second-order valence-corrected chi connectivity index (χ2v) is 6.65. The molecule has 5 nitrogen and oxygen atoms in total. The summed E-state index contributed by atoms with van der Waals surface area (Å²) in [5.74, 6) is -0.136. The number of carbonyl (C=O) groups is 1. The summed E-state index contributed by atoms with van der Waals surface area (Å²) in [6.07, 6.45) is 6.91. The van der Waals surface area contributed by atoms with Crippen molar-refractivity contribution in [3.05, 3.63) is 0 Å². The molecule has 2 fully saturated rings. The van der Waals surface area contributed by atoms with E-state index in [1.807, 2.05) is 6.92 Å². The molecule has 0 aromatic carbocycles. The molecule has 1 saturated carbocycles. The number of methoxy groups -OCH3 is 2. The van der Waals surface area contributed by atoms with Crippen LogP contribution in [0.5, 0.6) is 0 Å². The first-order valence-electron chi connectivity index (χ1n) is 8.18. The first-order valence-corrected chi connectivity index (χ1v) is 8.18. The number of piperidine rings is 1. The van der Waals surface area contributed by atoms with Gasteiger partial charge in [-0.05, 0) is 58.5 Å². The monoisotopic (exact) mass is 298 g/mol. The fraction of sp³-hybridized carbons (Fsp3) is 0.938. The van der Waals surface area contributed by atoms with Crippen LogP contribution in [-0.2, 0) is 14.3 Å². The maximum Gasteiger partial charge on any atom is 0.325 e. The van der Waals surface area contributed by atoms with Gasteiger partial charge in [0, 0.05) is 19.7 Å². The zero-order valence-corrected chi connectivity index (χ0v) is 13.7. The molecule has 1 N–H and O–H groups in total. The second-order valence-electron chi connectivity index (χ2n) is 6.65. The minimum Gasteiger partial charge on any atom is -0.468 e. The number of likely N-dealkylation sites (tertiary alicyclic amines) is 1. The molecular formula is C16H30N2O3. The van der Waals surface area contributed by atoms with Crippen LogP contribution in [0.3, 0.4) is 0 Å². The fourth-order valence-electron chi connectivity index (χ4n) is 3.20. The van der Waals surface area contributed by atoms with Crippen LogP contribution in [0.2, 0.25) is 0 Å². The van der Waals surface area contributed by atoms with Crippen molar-refractivity contribution in [2.75, 3.05) is 33.9 Å². The number of esters is 1. The molecule has 2 unspecified atom stereocenters. The number of ether oxygens (including phenoxy) is 2. The molecule has 1 aliphatic heterocycles. The molecule has 5 heteroatoms. The predicted molar refractivity (Wildman–Crippen MR) is 82.3 cm³/mol. The number of nitrogens with zero attached hydrogens (tertiary/aromatic N) is 1. The molecule has 2 atom stereocenters. The van der Waals surface area contributed by atoms with Gasteiger partial charge in [0.15, 0.2) is 0 Å². The molecule has 1 saturated heterocycles. The Bertz CT molecular complexity index is 346. The highest BCUT2D eigenvalue weighted by molar-refractivity contribution is 5.80. The Hall–Kier alpha value is -0.650. The summed E-state index contributed by atoms with van der Waals surface area (Å²) in [6.45, 7) is 5.16. The van der Waals surface area contributed by atoms with E-state index in [2.05, 4.69) is 10.2 Å². The molecule has 0 aromatic rings. The van der Waals surface area contributed by atoms with E-state index in [1.54, 1.807) is 7.11 Å². The molecule has 0 aromatic heterocycles. The molecule has 0 spiro atoms. The lowest BCUT2D eigenvalue weighted by molar-refractivity contribution is -0.148. The van der Waals surface area contributed by atoms with Gasteiger partial charge in [0.05, 0.1) is 13.2 Å². The van der Waals surface area contributed by atoms with E-state index in [9.17, 15) is 4.79 Å². The van der Waals surface area contributed by atoms with E-state index in [1.165, 1.54) is 26.4 Å². The molecule has 2 aliphatic rings. The first-order chi connectivity index (χ1) is 10.1. The lowest BCUT2D eigenvalue weighted by Crippen LogP contribution is -2.51. The van der Waals surface area contributed by atoms with Crippen LogP contribution in [-0.4, -0.2) is 62.4 Å². The van der Waals surface area contributed by atoms with Crippen molar-refractivity contribution in [3.8, 4) is 0 Å². The Morgan fingerprint density at radius 3 is 2.71 bits per heavy atom. The Morgan fingerprint density at radius 1 is 1.33 bits per heavy atom. The van der Waals surface area contributed by atoms with Crippen molar-refractivity contribution < 1.29 is 14.3 Å². The zero-order chi connectivity index (χ0) is 15.3. The Morgan fingerprint density at radius 2 is 2.10 bits per heavy atom. The molecular weight excluding hydrogens is 268 g/mol. The van der Waals surface area contributed by atoms with Gasteiger partial charge < -0.3 is 14.4 Å². The molecule has 21 heavy (non-hydrogen) atoms. The van der Waals surface area contributed by atoms with E-state index >= 15 is 0 Å². The smallest absolute Gasteiger partial charge is 0.325 e. The summed E-state index contributed by atoms with van der Waals surface area (Å²) in [6, 6.07) is 0.502. The number of hydrogen-bond donors (Lipinski definition) is 1. The summed E-state index contributed by atoms with van der Waals surface area (Å²) in [4.78, 5) is 14.5. The van der Waals surface area contributed by atoms with Gasteiger partial charge in [0.25, 0.3) is 0 Å². The van der Waals surface area contributed by atoms with Crippen LogP contribution in [0, 0.1) is 0 Å². The van der Waals surface area contributed by atoms with Crippen molar-refractivity contribution in [1.82, 2.24) is 10.2 Å². The molecule has 2 rings (SSSR count). The molecule has 0 bridgehead atoms. The minimum absolute atomic E-state index is 0.136. The standard InChI is InChI=1S/C16H30N2O3/c1-16(15(19)21-3,17-13-7-8-13)9-5-11-18-10-4-6-14(12-18)20-2/h13-14,17H,4-12H2,1-3H3. The Kier molecular flexibility index (Phi) is 6.02. The van der Waals surface area contributed by atoms with Crippen molar-refractivity contribution >= 4 is 5.97 Å². The van der Waals surface area contributed by atoms with Crippen LogP contribution in [0.4, 0.5) is 0 Å². The third-order valence-electron chi connectivity index (χ3n) is 4.68. The van der Waals surface area contributed by atoms with E-state index in [-0.39, 0.29) is 5.97 Å². The fourth-order valence-corrected chi connectivity index (χ4v) is 3.20. The summed E-state index contributed by atoms with van der Waals surface area (Å²) < 4.78 is 10.4. The van der Waals surface area contributed by atoms with Gasteiger partial charge in [0.2, 0.25) is 0 Å². The normalized spacial score (nSPS) is 26.3. The van der Waals surface area contributed by atoms with Gasteiger partial charge >= 0.3 is 5.97 Å². The topological polar surface area (TPSA) is 50.8 Å². The number of hydrogen-bond acceptors (Lipinski definition) is 5. The molecule has 0 radical (unpaired) electrons. The Balaban J connectivity index is 1.77. The van der Waals surface area contributed by atoms with Crippen molar-refractivity contribution in [2.45, 2.75) is 63.1 Å². The highest BCUT2D eigenvalue weighted by Crippen LogP contribution is 2.26. The number of nitrogens with one attached hydrogen (secondary N) is 1. The third kappa shape index (κ3) is 4.94. The quantitative estimate of drug-likeness (QED) is 0.689. The average Bonchev–Trinajstić information content (AvgIpc) is 3.30. The first kappa shape index (κ1) is 16.7. The maximum atomic E-state index is 12.1. The Labute approximate surface area is 128 Å². The van der Waals surface area contributed by atoms with Crippen LogP contribution < -0.4 is 5.32 Å².